The Bertz CT molecular complexity index is 742. The fourth-order valence-electron chi connectivity index (χ4n) is 2.44. The summed E-state index contributed by atoms with van der Waals surface area (Å²) in [6, 6.07) is 15.2. The summed E-state index contributed by atoms with van der Waals surface area (Å²) in [6.45, 7) is 2.10. The van der Waals surface area contributed by atoms with Crippen molar-refractivity contribution in [2.75, 3.05) is 0 Å². The van der Waals surface area contributed by atoms with Crippen LogP contribution in [0.1, 0.15) is 34.0 Å². The Kier molecular flexibility index (Phi) is 3.40. The molecule has 1 aliphatic rings. The monoisotopic (exact) mass is 277 g/mol. The smallest absolute Gasteiger partial charge is 0.258 e. The summed E-state index contributed by atoms with van der Waals surface area (Å²) in [5, 5.41) is 2.38. The van der Waals surface area contributed by atoms with E-state index in [1.54, 1.807) is 18.2 Å². The highest BCUT2D eigenvalue weighted by Gasteiger charge is 2.26. The average Bonchev–Trinajstić information content (AvgIpc) is 2.52. The molecule has 0 aromatic heterocycles. The Morgan fingerprint density at radius 1 is 0.905 bits per heavy atom. The minimum atomic E-state index is -0.349. The molecule has 2 amide bonds. The number of carbonyl (C=O) groups excluding carboxylic acids is 2. The summed E-state index contributed by atoms with van der Waals surface area (Å²) in [6.07, 6.45) is 2.80. The van der Waals surface area contributed by atoms with Gasteiger partial charge in [0.05, 0.1) is 0 Å². The summed E-state index contributed by atoms with van der Waals surface area (Å²) in [5.41, 5.74) is 3.94. The van der Waals surface area contributed by atoms with Gasteiger partial charge in [-0.15, -0.1) is 0 Å². The van der Waals surface area contributed by atoms with Gasteiger partial charge in [0.15, 0.2) is 0 Å². The molecule has 104 valence electrons. The number of imide groups is 1. The summed E-state index contributed by atoms with van der Waals surface area (Å²) in [4.78, 5) is 23.9. The van der Waals surface area contributed by atoms with Crippen molar-refractivity contribution in [3.05, 3.63) is 70.8 Å². The fourth-order valence-corrected chi connectivity index (χ4v) is 2.44. The Morgan fingerprint density at radius 2 is 1.57 bits per heavy atom. The van der Waals surface area contributed by atoms with Crippen LogP contribution in [-0.4, -0.2) is 11.8 Å². The zero-order valence-corrected chi connectivity index (χ0v) is 11.7. The van der Waals surface area contributed by atoms with E-state index in [-0.39, 0.29) is 11.8 Å². The number of hydrogen-bond donors (Lipinski definition) is 1. The first-order valence-electron chi connectivity index (χ1n) is 6.94. The van der Waals surface area contributed by atoms with Gasteiger partial charge in [-0.3, -0.25) is 14.9 Å². The molecule has 1 aliphatic heterocycles. The van der Waals surface area contributed by atoms with Crippen molar-refractivity contribution in [2.45, 2.75) is 13.3 Å². The Balaban J connectivity index is 2.07. The number of amides is 2. The van der Waals surface area contributed by atoms with E-state index < -0.39 is 0 Å². The third-order valence-corrected chi connectivity index (χ3v) is 3.63. The second kappa shape index (κ2) is 5.37. The average molecular weight is 277 g/mol. The largest absolute Gasteiger partial charge is 0.288 e. The molecule has 2 aromatic carbocycles. The minimum Gasteiger partial charge on any atom is -0.288 e. The molecule has 3 heteroatoms. The summed E-state index contributed by atoms with van der Waals surface area (Å²) in [5.74, 6) is -0.688. The van der Waals surface area contributed by atoms with Gasteiger partial charge in [0.25, 0.3) is 11.8 Å². The van der Waals surface area contributed by atoms with Crippen molar-refractivity contribution >= 4 is 23.5 Å². The normalized spacial score (nSPS) is 15.8. The molecule has 3 nitrogen and oxygen atoms in total. The van der Waals surface area contributed by atoms with Crippen molar-refractivity contribution in [1.82, 2.24) is 5.32 Å². The SMILES string of the molecule is CCc1ccc(/C=C2\C(=O)NC(=O)c3ccccc32)cc1. The summed E-state index contributed by atoms with van der Waals surface area (Å²) in [7, 11) is 0. The van der Waals surface area contributed by atoms with Crippen LogP contribution in [0.15, 0.2) is 48.5 Å². The van der Waals surface area contributed by atoms with Crippen molar-refractivity contribution < 1.29 is 9.59 Å². The maximum absolute atomic E-state index is 12.1. The number of carbonyl (C=O) groups is 2. The van der Waals surface area contributed by atoms with Crippen LogP contribution in [0, 0.1) is 0 Å². The van der Waals surface area contributed by atoms with Crippen molar-refractivity contribution in [3.8, 4) is 0 Å². The molecular formula is C18H15NO2. The van der Waals surface area contributed by atoms with Gasteiger partial charge in [-0.05, 0) is 35.3 Å². The number of rotatable bonds is 2. The zero-order chi connectivity index (χ0) is 14.8. The molecule has 0 saturated carbocycles. The highest BCUT2D eigenvalue weighted by atomic mass is 16.2. The van der Waals surface area contributed by atoms with E-state index >= 15 is 0 Å². The van der Waals surface area contributed by atoms with Crippen LogP contribution in [0.2, 0.25) is 0 Å². The van der Waals surface area contributed by atoms with Crippen LogP contribution in [0.5, 0.6) is 0 Å². The lowest BCUT2D eigenvalue weighted by Crippen LogP contribution is -2.36. The second-order valence-electron chi connectivity index (χ2n) is 4.98. The van der Waals surface area contributed by atoms with Gasteiger partial charge >= 0.3 is 0 Å². The van der Waals surface area contributed by atoms with Crippen LogP contribution in [-0.2, 0) is 11.2 Å². The quantitative estimate of drug-likeness (QED) is 0.677. The Labute approximate surface area is 123 Å². The van der Waals surface area contributed by atoms with Gasteiger partial charge in [-0.25, -0.2) is 0 Å². The number of hydrogen-bond acceptors (Lipinski definition) is 2. The summed E-state index contributed by atoms with van der Waals surface area (Å²) < 4.78 is 0. The van der Waals surface area contributed by atoms with E-state index in [4.69, 9.17) is 0 Å². The zero-order valence-electron chi connectivity index (χ0n) is 11.7. The van der Waals surface area contributed by atoms with Gasteiger partial charge in [0, 0.05) is 11.1 Å². The van der Waals surface area contributed by atoms with E-state index in [9.17, 15) is 9.59 Å². The predicted molar refractivity (Wildman–Crippen MR) is 82.6 cm³/mol. The molecule has 3 rings (SSSR count). The molecule has 2 aromatic rings. The van der Waals surface area contributed by atoms with Gasteiger partial charge in [0.2, 0.25) is 0 Å². The van der Waals surface area contributed by atoms with E-state index in [1.807, 2.05) is 36.4 Å². The molecule has 0 bridgehead atoms. The topological polar surface area (TPSA) is 46.2 Å². The molecule has 0 unspecified atom stereocenters. The first-order valence-corrected chi connectivity index (χ1v) is 6.94. The number of fused-ring (bicyclic) bond motifs is 1. The first-order chi connectivity index (χ1) is 10.2. The van der Waals surface area contributed by atoms with Crippen LogP contribution >= 0.6 is 0 Å². The lowest BCUT2D eigenvalue weighted by atomic mass is 9.93. The Morgan fingerprint density at radius 3 is 2.24 bits per heavy atom. The van der Waals surface area contributed by atoms with Gasteiger partial charge in [-0.1, -0.05) is 49.4 Å². The van der Waals surface area contributed by atoms with E-state index in [1.165, 1.54) is 5.56 Å². The van der Waals surface area contributed by atoms with E-state index in [0.29, 0.717) is 16.7 Å². The summed E-state index contributed by atoms with van der Waals surface area (Å²) >= 11 is 0. The van der Waals surface area contributed by atoms with Crippen molar-refractivity contribution in [2.24, 2.45) is 0 Å². The molecule has 0 spiro atoms. The second-order valence-corrected chi connectivity index (χ2v) is 4.98. The van der Waals surface area contributed by atoms with Gasteiger partial charge < -0.3 is 0 Å². The number of aryl methyl sites for hydroxylation is 1. The molecule has 0 aliphatic carbocycles. The van der Waals surface area contributed by atoms with Crippen molar-refractivity contribution in [1.29, 1.82) is 0 Å². The molecule has 1 N–H and O–H groups in total. The van der Waals surface area contributed by atoms with Crippen molar-refractivity contribution in [3.63, 3.8) is 0 Å². The highest BCUT2D eigenvalue weighted by Crippen LogP contribution is 2.26. The van der Waals surface area contributed by atoms with Crippen LogP contribution in [0.25, 0.3) is 11.6 Å². The van der Waals surface area contributed by atoms with Crippen LogP contribution in [0.4, 0.5) is 0 Å². The number of nitrogens with one attached hydrogen (secondary N) is 1. The third kappa shape index (κ3) is 2.50. The Hall–Kier alpha value is -2.68. The molecule has 0 saturated heterocycles. The lowest BCUT2D eigenvalue weighted by Gasteiger charge is -2.18. The maximum atomic E-state index is 12.1. The minimum absolute atomic E-state index is 0.339. The molecule has 0 fully saturated rings. The predicted octanol–water partition coefficient (Wildman–Crippen LogP) is 3.06. The first kappa shape index (κ1) is 13.3. The molecular weight excluding hydrogens is 262 g/mol. The third-order valence-electron chi connectivity index (χ3n) is 3.63. The van der Waals surface area contributed by atoms with Crippen LogP contribution in [0.3, 0.4) is 0 Å². The van der Waals surface area contributed by atoms with Crippen LogP contribution < -0.4 is 5.32 Å². The molecule has 0 radical (unpaired) electrons. The molecule has 21 heavy (non-hydrogen) atoms. The van der Waals surface area contributed by atoms with Gasteiger partial charge in [0.1, 0.15) is 0 Å². The van der Waals surface area contributed by atoms with E-state index in [0.717, 1.165) is 12.0 Å². The number of benzene rings is 2. The fraction of sp³-hybridized carbons (Fsp3) is 0.111. The van der Waals surface area contributed by atoms with Gasteiger partial charge in [-0.2, -0.15) is 0 Å². The standard InChI is InChI=1S/C18H15NO2/c1-2-12-7-9-13(10-8-12)11-16-14-5-3-4-6-15(14)17(20)19-18(16)21/h3-11H,2H2,1H3,(H,19,20,21)/b16-11-. The maximum Gasteiger partial charge on any atom is 0.258 e. The molecule has 1 heterocycles. The van der Waals surface area contributed by atoms with E-state index in [2.05, 4.69) is 12.2 Å². The highest BCUT2D eigenvalue weighted by molar-refractivity contribution is 6.33. The lowest BCUT2D eigenvalue weighted by molar-refractivity contribution is -0.114. The molecule has 0 atom stereocenters.